The van der Waals surface area contributed by atoms with Gasteiger partial charge in [0.25, 0.3) is 0 Å². The number of benzene rings is 1. The molecule has 1 atom stereocenters. The van der Waals surface area contributed by atoms with Crippen molar-refractivity contribution in [3.05, 3.63) is 35.4 Å². The highest BCUT2D eigenvalue weighted by atomic mass is 19.2. The molecule has 0 aliphatic carbocycles. The average molecular weight is 283 g/mol. The van der Waals surface area contributed by atoms with Gasteiger partial charge in [0, 0.05) is 32.0 Å². The standard InChI is InChI=1S/C15H19F2NO2/c16-13-5-4-11(8-14(13)17)2-1-3-15(20)18-7-6-12(9-18)10-19/h4-5,8,12,19H,1-3,6-7,9-10H2. The lowest BCUT2D eigenvalue weighted by Crippen LogP contribution is -2.28. The lowest BCUT2D eigenvalue weighted by Gasteiger charge is -2.16. The van der Waals surface area contributed by atoms with Crippen molar-refractivity contribution >= 4 is 5.91 Å². The van der Waals surface area contributed by atoms with Crippen LogP contribution >= 0.6 is 0 Å². The first-order valence-electron chi connectivity index (χ1n) is 6.92. The van der Waals surface area contributed by atoms with Crippen LogP contribution in [0.1, 0.15) is 24.8 Å². The second-order valence-corrected chi connectivity index (χ2v) is 5.28. The number of nitrogens with zero attached hydrogens (tertiary/aromatic N) is 1. The third kappa shape index (κ3) is 3.76. The Balaban J connectivity index is 1.75. The lowest BCUT2D eigenvalue weighted by atomic mass is 10.1. The van der Waals surface area contributed by atoms with Gasteiger partial charge in [-0.2, -0.15) is 0 Å². The number of likely N-dealkylation sites (tertiary alicyclic amines) is 1. The molecule has 1 saturated heterocycles. The minimum Gasteiger partial charge on any atom is -0.396 e. The number of amides is 1. The highest BCUT2D eigenvalue weighted by Gasteiger charge is 2.24. The summed E-state index contributed by atoms with van der Waals surface area (Å²) >= 11 is 0. The molecule has 20 heavy (non-hydrogen) atoms. The smallest absolute Gasteiger partial charge is 0.222 e. The van der Waals surface area contributed by atoms with Crippen molar-refractivity contribution in [2.75, 3.05) is 19.7 Å². The molecule has 1 N–H and O–H groups in total. The topological polar surface area (TPSA) is 40.5 Å². The van der Waals surface area contributed by atoms with E-state index in [0.29, 0.717) is 37.9 Å². The summed E-state index contributed by atoms with van der Waals surface area (Å²) in [7, 11) is 0. The molecular weight excluding hydrogens is 264 g/mol. The molecule has 5 heteroatoms. The van der Waals surface area contributed by atoms with Crippen molar-refractivity contribution in [2.24, 2.45) is 5.92 Å². The van der Waals surface area contributed by atoms with E-state index in [1.807, 2.05) is 0 Å². The van der Waals surface area contributed by atoms with Gasteiger partial charge < -0.3 is 10.0 Å². The van der Waals surface area contributed by atoms with E-state index in [4.69, 9.17) is 5.11 Å². The van der Waals surface area contributed by atoms with Crippen LogP contribution in [0.15, 0.2) is 18.2 Å². The molecule has 1 aromatic rings. The quantitative estimate of drug-likeness (QED) is 0.899. The fourth-order valence-electron chi connectivity index (χ4n) is 2.51. The van der Waals surface area contributed by atoms with Crippen LogP contribution < -0.4 is 0 Å². The molecule has 0 spiro atoms. The third-order valence-corrected chi connectivity index (χ3v) is 3.74. The molecule has 1 aliphatic rings. The maximum absolute atomic E-state index is 13.0. The normalized spacial score (nSPS) is 18.6. The lowest BCUT2D eigenvalue weighted by molar-refractivity contribution is -0.130. The van der Waals surface area contributed by atoms with Crippen LogP contribution in [0.4, 0.5) is 8.78 Å². The molecule has 3 nitrogen and oxygen atoms in total. The Morgan fingerprint density at radius 2 is 2.15 bits per heavy atom. The molecule has 1 amide bonds. The molecule has 1 aliphatic heterocycles. The first-order chi connectivity index (χ1) is 9.60. The van der Waals surface area contributed by atoms with E-state index < -0.39 is 11.6 Å². The van der Waals surface area contributed by atoms with Gasteiger partial charge in [-0.25, -0.2) is 8.78 Å². The largest absolute Gasteiger partial charge is 0.396 e. The van der Waals surface area contributed by atoms with Crippen molar-refractivity contribution in [3.63, 3.8) is 0 Å². The summed E-state index contributed by atoms with van der Waals surface area (Å²) in [4.78, 5) is 13.7. The molecule has 2 rings (SSSR count). The molecule has 0 aromatic heterocycles. The highest BCUT2D eigenvalue weighted by molar-refractivity contribution is 5.76. The zero-order valence-electron chi connectivity index (χ0n) is 11.3. The molecular formula is C15H19F2NO2. The molecule has 1 fully saturated rings. The Morgan fingerprint density at radius 1 is 1.35 bits per heavy atom. The summed E-state index contributed by atoms with van der Waals surface area (Å²) in [5, 5.41) is 9.03. The summed E-state index contributed by atoms with van der Waals surface area (Å²) in [6.45, 7) is 1.45. The summed E-state index contributed by atoms with van der Waals surface area (Å²) in [5.41, 5.74) is 0.700. The SMILES string of the molecule is O=C(CCCc1ccc(F)c(F)c1)N1CCC(CO)C1. The second-order valence-electron chi connectivity index (χ2n) is 5.28. The predicted octanol–water partition coefficient (Wildman–Crippen LogP) is 2.13. The minimum atomic E-state index is -0.850. The van der Waals surface area contributed by atoms with Gasteiger partial charge in [0.05, 0.1) is 0 Å². The van der Waals surface area contributed by atoms with E-state index >= 15 is 0 Å². The van der Waals surface area contributed by atoms with Gasteiger partial charge in [-0.15, -0.1) is 0 Å². The van der Waals surface area contributed by atoms with Crippen LogP contribution in [0.2, 0.25) is 0 Å². The number of aliphatic hydroxyl groups excluding tert-OH is 1. The number of aliphatic hydroxyl groups is 1. The first kappa shape index (κ1) is 14.9. The molecule has 1 aromatic carbocycles. The van der Waals surface area contributed by atoms with Crippen LogP contribution in [0.25, 0.3) is 0 Å². The van der Waals surface area contributed by atoms with E-state index in [9.17, 15) is 13.6 Å². The van der Waals surface area contributed by atoms with Crippen molar-refractivity contribution < 1.29 is 18.7 Å². The first-order valence-corrected chi connectivity index (χ1v) is 6.92. The average Bonchev–Trinajstić information content (AvgIpc) is 2.91. The van der Waals surface area contributed by atoms with Crippen molar-refractivity contribution in [2.45, 2.75) is 25.7 Å². The van der Waals surface area contributed by atoms with E-state index in [1.54, 1.807) is 11.0 Å². The number of hydrogen-bond acceptors (Lipinski definition) is 2. The Hall–Kier alpha value is -1.49. The van der Waals surface area contributed by atoms with Gasteiger partial charge in [0.2, 0.25) is 5.91 Å². The van der Waals surface area contributed by atoms with Gasteiger partial charge >= 0.3 is 0 Å². The Labute approximate surface area is 117 Å². The summed E-state index contributed by atoms with van der Waals surface area (Å²) in [5.74, 6) is -1.43. The molecule has 1 heterocycles. The van der Waals surface area contributed by atoms with E-state index in [2.05, 4.69) is 0 Å². The van der Waals surface area contributed by atoms with Crippen molar-refractivity contribution in [3.8, 4) is 0 Å². The highest BCUT2D eigenvalue weighted by Crippen LogP contribution is 2.17. The van der Waals surface area contributed by atoms with Gasteiger partial charge in [-0.3, -0.25) is 4.79 Å². The van der Waals surface area contributed by atoms with Gasteiger partial charge in [-0.1, -0.05) is 6.07 Å². The van der Waals surface area contributed by atoms with E-state index in [0.717, 1.165) is 12.5 Å². The van der Waals surface area contributed by atoms with E-state index in [1.165, 1.54) is 6.07 Å². The minimum absolute atomic E-state index is 0.0727. The molecule has 0 saturated carbocycles. The summed E-state index contributed by atoms with van der Waals surface area (Å²) < 4.78 is 25.8. The monoisotopic (exact) mass is 283 g/mol. The number of carbonyl (C=O) groups excluding carboxylic acids is 1. The van der Waals surface area contributed by atoms with E-state index in [-0.39, 0.29) is 18.4 Å². The number of hydrogen-bond donors (Lipinski definition) is 1. The van der Waals surface area contributed by atoms with Gasteiger partial charge in [-0.05, 0) is 37.0 Å². The zero-order chi connectivity index (χ0) is 14.5. The number of halogens is 2. The van der Waals surface area contributed by atoms with Crippen LogP contribution in [0.3, 0.4) is 0 Å². The Bertz CT molecular complexity index is 479. The number of rotatable bonds is 5. The summed E-state index contributed by atoms with van der Waals surface area (Å²) in [6.07, 6.45) is 2.42. The van der Waals surface area contributed by atoms with Crippen molar-refractivity contribution in [1.82, 2.24) is 4.90 Å². The van der Waals surface area contributed by atoms with Crippen LogP contribution in [-0.4, -0.2) is 35.6 Å². The Morgan fingerprint density at radius 3 is 2.80 bits per heavy atom. The maximum atomic E-state index is 13.0. The van der Waals surface area contributed by atoms with Gasteiger partial charge in [0.15, 0.2) is 11.6 Å². The van der Waals surface area contributed by atoms with Gasteiger partial charge in [0.1, 0.15) is 0 Å². The van der Waals surface area contributed by atoms with Crippen LogP contribution in [0.5, 0.6) is 0 Å². The molecule has 110 valence electrons. The molecule has 0 radical (unpaired) electrons. The third-order valence-electron chi connectivity index (χ3n) is 3.74. The predicted molar refractivity (Wildman–Crippen MR) is 71.1 cm³/mol. The van der Waals surface area contributed by atoms with Crippen LogP contribution in [0, 0.1) is 17.6 Å². The molecule has 1 unspecified atom stereocenters. The fourth-order valence-corrected chi connectivity index (χ4v) is 2.51. The number of carbonyl (C=O) groups is 1. The Kier molecular flexibility index (Phi) is 5.06. The second kappa shape index (κ2) is 6.79. The maximum Gasteiger partial charge on any atom is 0.222 e. The van der Waals surface area contributed by atoms with Crippen LogP contribution in [-0.2, 0) is 11.2 Å². The zero-order valence-corrected chi connectivity index (χ0v) is 11.3. The summed E-state index contributed by atoms with van der Waals surface area (Å²) in [6, 6.07) is 3.83. The van der Waals surface area contributed by atoms with Crippen molar-refractivity contribution in [1.29, 1.82) is 0 Å². The fraction of sp³-hybridized carbons (Fsp3) is 0.533. The number of aryl methyl sites for hydroxylation is 1. The molecule has 0 bridgehead atoms.